The number of para-hydroxylation sites is 1. The van der Waals surface area contributed by atoms with Gasteiger partial charge in [-0.05, 0) is 37.5 Å². The van der Waals surface area contributed by atoms with Gasteiger partial charge in [0.15, 0.2) is 0 Å². The minimum atomic E-state index is -4.02. The average molecular weight is 408 g/mol. The molecule has 0 aliphatic carbocycles. The van der Waals surface area contributed by atoms with Crippen LogP contribution in [-0.4, -0.2) is 45.8 Å². The SMILES string of the molecule is Cc1ccc(CCCNC(=O)CN(c2ccccc2F)S(=O)(=O)N(C)C)cc1. The number of hydrogen-bond acceptors (Lipinski definition) is 3. The van der Waals surface area contributed by atoms with Crippen molar-refractivity contribution in [2.45, 2.75) is 19.8 Å². The van der Waals surface area contributed by atoms with Crippen molar-refractivity contribution in [3.8, 4) is 0 Å². The zero-order valence-corrected chi connectivity index (χ0v) is 17.2. The summed E-state index contributed by atoms with van der Waals surface area (Å²) in [5.41, 5.74) is 2.20. The van der Waals surface area contributed by atoms with Crippen molar-refractivity contribution in [2.24, 2.45) is 0 Å². The molecule has 1 N–H and O–H groups in total. The topological polar surface area (TPSA) is 69.7 Å². The minimum Gasteiger partial charge on any atom is -0.355 e. The molecule has 0 aliphatic rings. The van der Waals surface area contributed by atoms with Gasteiger partial charge in [-0.1, -0.05) is 42.0 Å². The maximum absolute atomic E-state index is 14.2. The van der Waals surface area contributed by atoms with E-state index in [2.05, 4.69) is 5.32 Å². The van der Waals surface area contributed by atoms with E-state index in [0.717, 1.165) is 27.5 Å². The molecule has 2 rings (SSSR count). The molecule has 0 unspecified atom stereocenters. The normalized spacial score (nSPS) is 11.5. The number of carbonyl (C=O) groups excluding carboxylic acids is 1. The highest BCUT2D eigenvalue weighted by atomic mass is 32.2. The number of halogens is 1. The molecule has 0 bridgehead atoms. The first-order valence-corrected chi connectivity index (χ1v) is 10.4. The molecule has 8 heteroatoms. The zero-order valence-electron chi connectivity index (χ0n) is 16.4. The van der Waals surface area contributed by atoms with E-state index >= 15 is 0 Å². The molecule has 0 radical (unpaired) electrons. The van der Waals surface area contributed by atoms with Crippen LogP contribution in [0.5, 0.6) is 0 Å². The summed E-state index contributed by atoms with van der Waals surface area (Å²) in [6, 6.07) is 13.6. The fraction of sp³-hybridized carbons (Fsp3) is 0.350. The zero-order chi connectivity index (χ0) is 20.7. The molecule has 0 fully saturated rings. The molecule has 0 heterocycles. The van der Waals surface area contributed by atoms with Gasteiger partial charge in [0.1, 0.15) is 12.4 Å². The Morgan fingerprint density at radius 3 is 2.32 bits per heavy atom. The lowest BCUT2D eigenvalue weighted by Crippen LogP contribution is -2.46. The van der Waals surface area contributed by atoms with Gasteiger partial charge in [-0.15, -0.1) is 0 Å². The second kappa shape index (κ2) is 9.66. The maximum atomic E-state index is 14.2. The molecule has 0 spiro atoms. The second-order valence-electron chi connectivity index (χ2n) is 6.69. The van der Waals surface area contributed by atoms with Crippen LogP contribution < -0.4 is 9.62 Å². The molecular weight excluding hydrogens is 381 g/mol. The quantitative estimate of drug-likeness (QED) is 0.650. The molecule has 0 saturated heterocycles. The van der Waals surface area contributed by atoms with E-state index in [9.17, 15) is 17.6 Å². The lowest BCUT2D eigenvalue weighted by Gasteiger charge is -2.27. The van der Waals surface area contributed by atoms with Crippen LogP contribution in [0.15, 0.2) is 48.5 Å². The predicted molar refractivity (Wildman–Crippen MR) is 109 cm³/mol. The number of amides is 1. The third-order valence-corrected chi connectivity index (χ3v) is 6.04. The summed E-state index contributed by atoms with van der Waals surface area (Å²) < 4.78 is 41.0. The van der Waals surface area contributed by atoms with Gasteiger partial charge in [-0.3, -0.25) is 4.79 Å². The molecule has 0 aromatic heterocycles. The summed E-state index contributed by atoms with van der Waals surface area (Å²) in [4.78, 5) is 12.3. The van der Waals surface area contributed by atoms with Crippen molar-refractivity contribution in [3.63, 3.8) is 0 Å². The van der Waals surface area contributed by atoms with Gasteiger partial charge >= 0.3 is 10.2 Å². The van der Waals surface area contributed by atoms with Crippen molar-refractivity contribution < 1.29 is 17.6 Å². The smallest absolute Gasteiger partial charge is 0.304 e. The molecule has 0 saturated carbocycles. The van der Waals surface area contributed by atoms with Gasteiger partial charge in [0.25, 0.3) is 0 Å². The van der Waals surface area contributed by atoms with Crippen LogP contribution in [0, 0.1) is 12.7 Å². The molecule has 0 aliphatic heterocycles. The molecular formula is C20H26FN3O3S. The Morgan fingerprint density at radius 2 is 1.71 bits per heavy atom. The molecule has 2 aromatic rings. The highest BCUT2D eigenvalue weighted by molar-refractivity contribution is 7.90. The number of nitrogens with one attached hydrogen (secondary N) is 1. The monoisotopic (exact) mass is 407 g/mol. The molecule has 2 aromatic carbocycles. The lowest BCUT2D eigenvalue weighted by atomic mass is 10.1. The Labute approximate surface area is 166 Å². The van der Waals surface area contributed by atoms with Gasteiger partial charge < -0.3 is 5.32 Å². The first-order valence-electron chi connectivity index (χ1n) is 8.99. The van der Waals surface area contributed by atoms with Crippen molar-refractivity contribution >= 4 is 21.8 Å². The summed E-state index contributed by atoms with van der Waals surface area (Å²) in [5, 5.41) is 2.71. The number of anilines is 1. The van der Waals surface area contributed by atoms with Crippen molar-refractivity contribution in [3.05, 3.63) is 65.5 Å². The summed E-state index contributed by atoms with van der Waals surface area (Å²) in [5.74, 6) is -1.20. The van der Waals surface area contributed by atoms with E-state index in [1.165, 1.54) is 43.4 Å². The standard InChI is InChI=1S/C20H26FN3O3S/c1-16-10-12-17(13-11-16)7-6-14-22-20(25)15-24(28(26,27)23(2)3)19-9-5-4-8-18(19)21/h4-5,8-13H,6-7,14-15H2,1-3H3,(H,22,25). The minimum absolute atomic E-state index is 0.161. The molecule has 0 atom stereocenters. The van der Waals surface area contributed by atoms with Crippen LogP contribution in [0.25, 0.3) is 0 Å². The first kappa shape index (κ1) is 21.8. The van der Waals surface area contributed by atoms with E-state index < -0.39 is 28.5 Å². The number of nitrogens with zero attached hydrogens (tertiary/aromatic N) is 2. The van der Waals surface area contributed by atoms with Crippen molar-refractivity contribution in [2.75, 3.05) is 31.5 Å². The van der Waals surface area contributed by atoms with Crippen LogP contribution in [0.2, 0.25) is 0 Å². The highest BCUT2D eigenvalue weighted by Crippen LogP contribution is 2.22. The van der Waals surface area contributed by atoms with Crippen LogP contribution in [0.3, 0.4) is 0 Å². The van der Waals surface area contributed by atoms with Crippen molar-refractivity contribution in [1.29, 1.82) is 0 Å². The third-order valence-electron chi connectivity index (χ3n) is 4.23. The number of benzene rings is 2. The highest BCUT2D eigenvalue weighted by Gasteiger charge is 2.29. The number of rotatable bonds is 9. The van der Waals surface area contributed by atoms with E-state index in [4.69, 9.17) is 0 Å². The summed E-state index contributed by atoms with van der Waals surface area (Å²) in [7, 11) is -1.35. The summed E-state index contributed by atoms with van der Waals surface area (Å²) >= 11 is 0. The van der Waals surface area contributed by atoms with Gasteiger partial charge in [-0.25, -0.2) is 8.70 Å². The Balaban J connectivity index is 1.98. The van der Waals surface area contributed by atoms with Crippen LogP contribution in [0.1, 0.15) is 17.5 Å². The van der Waals surface area contributed by atoms with Crippen LogP contribution in [-0.2, 0) is 21.4 Å². The second-order valence-corrected chi connectivity index (χ2v) is 8.75. The summed E-state index contributed by atoms with van der Waals surface area (Å²) in [6.45, 7) is 1.93. The Hall–Kier alpha value is -2.45. The Bertz CT molecular complexity index is 899. The van der Waals surface area contributed by atoms with E-state index in [1.807, 2.05) is 31.2 Å². The Morgan fingerprint density at radius 1 is 1.07 bits per heavy atom. The van der Waals surface area contributed by atoms with E-state index in [1.54, 1.807) is 0 Å². The first-order chi connectivity index (χ1) is 13.2. The lowest BCUT2D eigenvalue weighted by molar-refractivity contribution is -0.119. The summed E-state index contributed by atoms with van der Waals surface area (Å²) in [6.07, 6.45) is 1.52. The van der Waals surface area contributed by atoms with Crippen LogP contribution in [0.4, 0.5) is 10.1 Å². The average Bonchev–Trinajstić information content (AvgIpc) is 2.65. The Kier molecular flexibility index (Phi) is 7.53. The van der Waals surface area contributed by atoms with E-state index in [0.29, 0.717) is 6.54 Å². The molecule has 6 nitrogen and oxygen atoms in total. The number of aryl methyl sites for hydroxylation is 2. The maximum Gasteiger partial charge on any atom is 0.304 e. The third kappa shape index (κ3) is 5.77. The molecule has 152 valence electrons. The molecule has 28 heavy (non-hydrogen) atoms. The van der Waals surface area contributed by atoms with Crippen LogP contribution >= 0.6 is 0 Å². The van der Waals surface area contributed by atoms with Gasteiger partial charge in [0.05, 0.1) is 5.69 Å². The van der Waals surface area contributed by atoms with E-state index in [-0.39, 0.29) is 5.69 Å². The fourth-order valence-corrected chi connectivity index (χ4v) is 3.67. The van der Waals surface area contributed by atoms with Crippen molar-refractivity contribution in [1.82, 2.24) is 9.62 Å². The number of carbonyl (C=O) groups is 1. The predicted octanol–water partition coefficient (Wildman–Crippen LogP) is 2.50. The number of hydrogen-bond donors (Lipinski definition) is 1. The van der Waals surface area contributed by atoms with Gasteiger partial charge in [0.2, 0.25) is 5.91 Å². The van der Waals surface area contributed by atoms with Gasteiger partial charge in [-0.2, -0.15) is 12.7 Å². The fourth-order valence-electron chi connectivity index (χ4n) is 2.60. The van der Waals surface area contributed by atoms with Gasteiger partial charge in [0, 0.05) is 20.6 Å². The largest absolute Gasteiger partial charge is 0.355 e. The molecule has 1 amide bonds.